The second-order valence-corrected chi connectivity index (χ2v) is 8.97. The molecule has 0 bridgehead atoms. The molecule has 5 nitrogen and oxygen atoms in total. The standard InChI is InChI=1S/C22H31BrN4O/c1-4-9-26-10-7-8-17-18-12-16(23)13-20-21(18)15(11-19(17)26)14-27(20)24-22(28)25(5-2)6-3/h12-14,17,19H,4-11H2,1-3H3,(H,24,28)/t17-,19-/m1/s1. The molecule has 0 saturated carbocycles. The Morgan fingerprint density at radius 1 is 1.29 bits per heavy atom. The van der Waals surface area contributed by atoms with E-state index in [9.17, 15) is 4.79 Å². The zero-order valence-electron chi connectivity index (χ0n) is 17.2. The Labute approximate surface area is 176 Å². The van der Waals surface area contributed by atoms with Gasteiger partial charge in [0.2, 0.25) is 0 Å². The molecule has 0 unspecified atom stereocenters. The first kappa shape index (κ1) is 19.8. The average molecular weight is 447 g/mol. The Kier molecular flexibility index (Phi) is 5.70. The molecule has 6 heteroatoms. The minimum Gasteiger partial charge on any atom is -0.324 e. The number of hydrogen-bond acceptors (Lipinski definition) is 2. The van der Waals surface area contributed by atoms with Gasteiger partial charge >= 0.3 is 6.03 Å². The fourth-order valence-corrected chi connectivity index (χ4v) is 5.68. The van der Waals surface area contributed by atoms with Gasteiger partial charge < -0.3 is 4.90 Å². The molecule has 0 spiro atoms. The highest BCUT2D eigenvalue weighted by atomic mass is 79.9. The first-order valence-corrected chi connectivity index (χ1v) is 11.5. The maximum absolute atomic E-state index is 12.7. The van der Waals surface area contributed by atoms with Crippen molar-refractivity contribution < 1.29 is 4.79 Å². The maximum atomic E-state index is 12.7. The van der Waals surface area contributed by atoms with Gasteiger partial charge in [-0.2, -0.15) is 0 Å². The number of benzene rings is 1. The van der Waals surface area contributed by atoms with Crippen LogP contribution in [0.15, 0.2) is 22.8 Å². The van der Waals surface area contributed by atoms with Gasteiger partial charge in [-0.15, -0.1) is 0 Å². The molecule has 1 aromatic heterocycles. The predicted octanol–water partition coefficient (Wildman–Crippen LogP) is 4.92. The van der Waals surface area contributed by atoms with E-state index in [4.69, 9.17) is 0 Å². The molecular weight excluding hydrogens is 416 g/mol. The van der Waals surface area contributed by atoms with Crippen molar-refractivity contribution in [3.63, 3.8) is 0 Å². The summed E-state index contributed by atoms with van der Waals surface area (Å²) >= 11 is 3.73. The van der Waals surface area contributed by atoms with Gasteiger partial charge in [0.1, 0.15) is 0 Å². The molecule has 1 aliphatic heterocycles. The second-order valence-electron chi connectivity index (χ2n) is 8.06. The number of aromatic nitrogens is 1. The quantitative estimate of drug-likeness (QED) is 0.707. The van der Waals surface area contributed by atoms with E-state index in [0.717, 1.165) is 16.4 Å². The Morgan fingerprint density at radius 3 is 2.79 bits per heavy atom. The van der Waals surface area contributed by atoms with Crippen LogP contribution < -0.4 is 5.43 Å². The monoisotopic (exact) mass is 446 g/mol. The number of rotatable bonds is 5. The Morgan fingerprint density at radius 2 is 2.07 bits per heavy atom. The van der Waals surface area contributed by atoms with Crippen LogP contribution in [0.3, 0.4) is 0 Å². The van der Waals surface area contributed by atoms with E-state index >= 15 is 0 Å². The fraction of sp³-hybridized carbons (Fsp3) is 0.591. The largest absolute Gasteiger partial charge is 0.336 e. The summed E-state index contributed by atoms with van der Waals surface area (Å²) in [6.45, 7) is 10.1. The van der Waals surface area contributed by atoms with Gasteiger partial charge in [-0.05, 0) is 75.9 Å². The zero-order chi connectivity index (χ0) is 19.8. The number of hydrogen-bond donors (Lipinski definition) is 1. The van der Waals surface area contributed by atoms with Gasteiger partial charge in [0.15, 0.2) is 0 Å². The number of carbonyl (C=O) groups is 1. The highest BCUT2D eigenvalue weighted by Crippen LogP contribution is 2.45. The van der Waals surface area contributed by atoms with Crippen molar-refractivity contribution in [2.24, 2.45) is 0 Å². The number of carbonyl (C=O) groups excluding carboxylic acids is 1. The molecule has 2 amide bonds. The Hall–Kier alpha value is -1.53. The van der Waals surface area contributed by atoms with Crippen LogP contribution in [0.2, 0.25) is 0 Å². The number of nitrogens with one attached hydrogen (secondary N) is 1. The number of halogens is 1. The Balaban J connectivity index is 1.75. The van der Waals surface area contributed by atoms with E-state index in [0.29, 0.717) is 25.0 Å². The molecule has 2 heterocycles. The molecule has 0 radical (unpaired) electrons. The van der Waals surface area contributed by atoms with E-state index in [1.807, 2.05) is 23.4 Å². The highest BCUT2D eigenvalue weighted by molar-refractivity contribution is 9.10. The fourth-order valence-electron chi connectivity index (χ4n) is 5.22. The number of nitrogens with zero attached hydrogens (tertiary/aromatic N) is 3. The summed E-state index contributed by atoms with van der Waals surface area (Å²) in [5, 5.41) is 1.35. The van der Waals surface area contributed by atoms with Crippen molar-refractivity contribution >= 4 is 32.9 Å². The van der Waals surface area contributed by atoms with Crippen molar-refractivity contribution in [3.05, 3.63) is 33.9 Å². The van der Waals surface area contributed by atoms with Crippen LogP contribution in [0, 0.1) is 0 Å². The molecule has 1 aromatic carbocycles. The van der Waals surface area contributed by atoms with Crippen molar-refractivity contribution in [1.82, 2.24) is 14.5 Å². The smallest absolute Gasteiger partial charge is 0.324 e. The number of fused-ring (bicyclic) bond motifs is 2. The number of piperidine rings is 1. The molecule has 2 atom stereocenters. The summed E-state index contributed by atoms with van der Waals surface area (Å²) in [4.78, 5) is 17.2. The van der Waals surface area contributed by atoms with E-state index in [2.05, 4.69) is 51.5 Å². The number of likely N-dealkylation sites (tertiary alicyclic amines) is 1. The summed E-state index contributed by atoms with van der Waals surface area (Å²) in [6, 6.07) is 4.99. The van der Waals surface area contributed by atoms with Crippen molar-refractivity contribution in [2.75, 3.05) is 31.6 Å². The van der Waals surface area contributed by atoms with E-state index < -0.39 is 0 Å². The van der Waals surface area contributed by atoms with Gasteiger partial charge in [0.05, 0.1) is 5.52 Å². The van der Waals surface area contributed by atoms with Crippen LogP contribution in [0.1, 0.15) is 57.1 Å². The van der Waals surface area contributed by atoms with E-state index in [1.54, 1.807) is 0 Å². The molecule has 1 fully saturated rings. The average Bonchev–Trinajstić information content (AvgIpc) is 3.01. The predicted molar refractivity (Wildman–Crippen MR) is 119 cm³/mol. The summed E-state index contributed by atoms with van der Waals surface area (Å²) in [5.41, 5.74) is 7.03. The SMILES string of the molecule is CCCN1CCC[C@@H]2c3cc(Br)cc4c3c(cn4NC(=O)N(CC)CC)C[C@H]21. The maximum Gasteiger partial charge on any atom is 0.336 e. The van der Waals surface area contributed by atoms with E-state index in [1.165, 1.54) is 48.9 Å². The van der Waals surface area contributed by atoms with Gasteiger partial charge in [0.25, 0.3) is 0 Å². The number of amides is 2. The van der Waals surface area contributed by atoms with E-state index in [-0.39, 0.29) is 6.03 Å². The molecule has 1 N–H and O–H groups in total. The van der Waals surface area contributed by atoms with Gasteiger partial charge in [0, 0.05) is 41.1 Å². The number of urea groups is 1. The highest BCUT2D eigenvalue weighted by Gasteiger charge is 2.38. The third kappa shape index (κ3) is 3.35. The summed E-state index contributed by atoms with van der Waals surface area (Å²) in [6.07, 6.45) is 6.95. The van der Waals surface area contributed by atoms with Crippen LogP contribution in [0.25, 0.3) is 10.9 Å². The molecular formula is C22H31BrN4O. The normalized spacial score (nSPS) is 21.6. The third-order valence-corrected chi connectivity index (χ3v) is 6.94. The van der Waals surface area contributed by atoms with Crippen molar-refractivity contribution in [3.8, 4) is 0 Å². The molecule has 2 aliphatic rings. The second kappa shape index (κ2) is 8.07. The van der Waals surface area contributed by atoms with Gasteiger partial charge in [-0.3, -0.25) is 9.58 Å². The van der Waals surface area contributed by atoms with Crippen LogP contribution in [-0.2, 0) is 6.42 Å². The molecule has 2 aromatic rings. The minimum atomic E-state index is -0.0424. The van der Waals surface area contributed by atoms with Gasteiger partial charge in [-0.1, -0.05) is 22.9 Å². The lowest BCUT2D eigenvalue weighted by Crippen LogP contribution is -2.47. The summed E-state index contributed by atoms with van der Waals surface area (Å²) in [7, 11) is 0. The summed E-state index contributed by atoms with van der Waals surface area (Å²) in [5.74, 6) is 0.585. The molecule has 1 aliphatic carbocycles. The van der Waals surface area contributed by atoms with Crippen LogP contribution in [0.4, 0.5) is 4.79 Å². The minimum absolute atomic E-state index is 0.0424. The lowest BCUT2D eigenvalue weighted by atomic mass is 9.75. The molecule has 1 saturated heterocycles. The molecule has 4 rings (SSSR count). The molecule has 28 heavy (non-hydrogen) atoms. The lowest BCUT2D eigenvalue weighted by Gasteiger charge is -2.44. The molecule has 152 valence electrons. The van der Waals surface area contributed by atoms with Gasteiger partial charge in [-0.25, -0.2) is 10.2 Å². The van der Waals surface area contributed by atoms with Crippen LogP contribution >= 0.6 is 15.9 Å². The zero-order valence-corrected chi connectivity index (χ0v) is 18.8. The summed E-state index contributed by atoms with van der Waals surface area (Å²) < 4.78 is 3.03. The topological polar surface area (TPSA) is 40.5 Å². The van der Waals surface area contributed by atoms with Crippen LogP contribution in [0.5, 0.6) is 0 Å². The van der Waals surface area contributed by atoms with Crippen molar-refractivity contribution in [2.45, 2.75) is 58.4 Å². The van der Waals surface area contributed by atoms with Crippen LogP contribution in [-0.4, -0.2) is 52.7 Å². The van der Waals surface area contributed by atoms with Crippen molar-refractivity contribution in [1.29, 1.82) is 0 Å². The first-order valence-electron chi connectivity index (χ1n) is 10.7. The Bertz CT molecular complexity index is 871. The first-order chi connectivity index (χ1) is 13.6. The lowest BCUT2D eigenvalue weighted by molar-refractivity contribution is 0.124. The third-order valence-electron chi connectivity index (χ3n) is 6.48.